The van der Waals surface area contributed by atoms with E-state index < -0.39 is 18.0 Å². The van der Waals surface area contributed by atoms with Crippen molar-refractivity contribution in [1.29, 1.82) is 0 Å². The summed E-state index contributed by atoms with van der Waals surface area (Å²) in [5.41, 5.74) is 0. The molecule has 4 nitrogen and oxygen atoms in total. The molecule has 0 radical (unpaired) electrons. The lowest BCUT2D eigenvalue weighted by atomic mass is 10.1. The fraction of sp³-hybridized carbons (Fsp3) is 0.833. The Labute approximate surface area is 97.3 Å². The van der Waals surface area contributed by atoms with Crippen molar-refractivity contribution < 1.29 is 19.1 Å². The van der Waals surface area contributed by atoms with Gasteiger partial charge in [-0.3, -0.25) is 4.79 Å². The van der Waals surface area contributed by atoms with Crippen LogP contribution in [0.1, 0.15) is 52.9 Å². The summed E-state index contributed by atoms with van der Waals surface area (Å²) in [5.74, 6) is -0.872. The maximum Gasteiger partial charge on any atom is 0.347 e. The summed E-state index contributed by atoms with van der Waals surface area (Å²) in [6.45, 7) is 5.47. The molecule has 0 bridgehead atoms. The molecule has 0 saturated carbocycles. The Morgan fingerprint density at radius 1 is 1.12 bits per heavy atom. The molecular weight excluding hydrogens is 208 g/mol. The second kappa shape index (κ2) is 9.19. The molecule has 0 aliphatic carbocycles. The Morgan fingerprint density at radius 2 is 1.81 bits per heavy atom. The van der Waals surface area contributed by atoms with Gasteiger partial charge in [0, 0.05) is 6.92 Å². The zero-order valence-electron chi connectivity index (χ0n) is 10.5. The van der Waals surface area contributed by atoms with E-state index in [4.69, 9.17) is 9.47 Å². The van der Waals surface area contributed by atoms with Crippen molar-refractivity contribution in [3.05, 3.63) is 0 Å². The van der Waals surface area contributed by atoms with Gasteiger partial charge in [-0.1, -0.05) is 26.2 Å². The fourth-order valence-electron chi connectivity index (χ4n) is 1.42. The van der Waals surface area contributed by atoms with E-state index in [0.717, 1.165) is 25.7 Å². The predicted molar refractivity (Wildman–Crippen MR) is 60.9 cm³/mol. The molecule has 0 amide bonds. The first-order valence-electron chi connectivity index (χ1n) is 5.95. The van der Waals surface area contributed by atoms with E-state index in [1.807, 2.05) is 0 Å². The van der Waals surface area contributed by atoms with Crippen LogP contribution in [-0.4, -0.2) is 24.6 Å². The summed E-state index contributed by atoms with van der Waals surface area (Å²) < 4.78 is 9.78. The van der Waals surface area contributed by atoms with Crippen molar-refractivity contribution in [3.63, 3.8) is 0 Å². The molecule has 16 heavy (non-hydrogen) atoms. The lowest BCUT2D eigenvalue weighted by molar-refractivity contribution is -0.166. The van der Waals surface area contributed by atoms with Crippen LogP contribution in [-0.2, 0) is 19.1 Å². The molecule has 0 aromatic carbocycles. The molecule has 0 aromatic rings. The standard InChI is InChI=1S/C12H22O4/c1-4-6-7-8-9-11(16-10(3)13)12(14)15-5-2/h11H,4-9H2,1-3H3/t11-/m0/s1. The van der Waals surface area contributed by atoms with E-state index in [0.29, 0.717) is 13.0 Å². The molecule has 94 valence electrons. The zero-order valence-corrected chi connectivity index (χ0v) is 10.5. The van der Waals surface area contributed by atoms with E-state index in [1.165, 1.54) is 6.92 Å². The maximum atomic E-state index is 11.4. The Bertz CT molecular complexity index is 213. The molecule has 0 fully saturated rings. The van der Waals surface area contributed by atoms with Gasteiger partial charge < -0.3 is 9.47 Å². The topological polar surface area (TPSA) is 52.6 Å². The zero-order chi connectivity index (χ0) is 12.4. The molecule has 0 unspecified atom stereocenters. The van der Waals surface area contributed by atoms with Gasteiger partial charge in [-0.15, -0.1) is 0 Å². The number of carbonyl (C=O) groups is 2. The van der Waals surface area contributed by atoms with Crippen molar-refractivity contribution in [2.75, 3.05) is 6.61 Å². The second-order valence-corrected chi connectivity index (χ2v) is 3.70. The maximum absolute atomic E-state index is 11.4. The molecule has 0 aromatic heterocycles. The van der Waals surface area contributed by atoms with Crippen LogP contribution >= 0.6 is 0 Å². The summed E-state index contributed by atoms with van der Waals surface area (Å²) in [7, 11) is 0. The number of ether oxygens (including phenoxy) is 2. The number of carbonyl (C=O) groups excluding carboxylic acids is 2. The molecular formula is C12H22O4. The first-order valence-corrected chi connectivity index (χ1v) is 5.95. The molecule has 4 heteroatoms. The van der Waals surface area contributed by atoms with Crippen LogP contribution < -0.4 is 0 Å². The van der Waals surface area contributed by atoms with Crippen LogP contribution in [0.5, 0.6) is 0 Å². The number of esters is 2. The van der Waals surface area contributed by atoms with E-state index in [2.05, 4.69) is 6.92 Å². The quantitative estimate of drug-likeness (QED) is 0.475. The van der Waals surface area contributed by atoms with E-state index in [1.54, 1.807) is 6.92 Å². The average Bonchev–Trinajstić information content (AvgIpc) is 2.22. The minimum Gasteiger partial charge on any atom is -0.463 e. The van der Waals surface area contributed by atoms with Crippen molar-refractivity contribution in [3.8, 4) is 0 Å². The van der Waals surface area contributed by atoms with Crippen LogP contribution in [0.25, 0.3) is 0 Å². The average molecular weight is 230 g/mol. The van der Waals surface area contributed by atoms with Crippen LogP contribution in [0.3, 0.4) is 0 Å². The predicted octanol–water partition coefficient (Wildman–Crippen LogP) is 2.45. The lowest BCUT2D eigenvalue weighted by Gasteiger charge is -2.15. The highest BCUT2D eigenvalue weighted by Crippen LogP contribution is 2.10. The van der Waals surface area contributed by atoms with Gasteiger partial charge in [-0.2, -0.15) is 0 Å². The van der Waals surface area contributed by atoms with E-state index in [9.17, 15) is 9.59 Å². The Hall–Kier alpha value is -1.06. The number of rotatable bonds is 8. The largest absolute Gasteiger partial charge is 0.463 e. The van der Waals surface area contributed by atoms with Gasteiger partial charge in [0.05, 0.1) is 6.61 Å². The SMILES string of the molecule is CCCCCC[C@H](OC(C)=O)C(=O)OCC. The number of hydrogen-bond acceptors (Lipinski definition) is 4. The van der Waals surface area contributed by atoms with Gasteiger partial charge in [-0.05, 0) is 19.8 Å². The van der Waals surface area contributed by atoms with Gasteiger partial charge in [0.1, 0.15) is 0 Å². The van der Waals surface area contributed by atoms with Gasteiger partial charge in [-0.25, -0.2) is 4.79 Å². The summed E-state index contributed by atoms with van der Waals surface area (Å²) in [4.78, 5) is 22.3. The molecule has 0 aliphatic rings. The molecule has 0 N–H and O–H groups in total. The van der Waals surface area contributed by atoms with Crippen molar-refractivity contribution in [2.45, 2.75) is 59.0 Å². The van der Waals surface area contributed by atoms with E-state index >= 15 is 0 Å². The van der Waals surface area contributed by atoms with Crippen molar-refractivity contribution in [2.24, 2.45) is 0 Å². The molecule has 0 spiro atoms. The summed E-state index contributed by atoms with van der Waals surface area (Å²) in [5, 5.41) is 0. The molecule has 0 rings (SSSR count). The van der Waals surface area contributed by atoms with Crippen molar-refractivity contribution in [1.82, 2.24) is 0 Å². The highest BCUT2D eigenvalue weighted by atomic mass is 16.6. The third-order valence-corrected chi connectivity index (χ3v) is 2.18. The first kappa shape index (κ1) is 14.9. The molecule has 0 heterocycles. The van der Waals surface area contributed by atoms with Gasteiger partial charge in [0.15, 0.2) is 6.10 Å². The van der Waals surface area contributed by atoms with Crippen LogP contribution in [0.2, 0.25) is 0 Å². The van der Waals surface area contributed by atoms with Gasteiger partial charge in [0.2, 0.25) is 0 Å². The summed E-state index contributed by atoms with van der Waals surface area (Å²) in [6.07, 6.45) is 4.03. The van der Waals surface area contributed by atoms with Crippen LogP contribution in [0, 0.1) is 0 Å². The minimum atomic E-state index is -0.727. The number of hydrogen-bond donors (Lipinski definition) is 0. The normalized spacial score (nSPS) is 11.9. The molecule has 1 atom stereocenters. The first-order chi connectivity index (χ1) is 7.61. The Morgan fingerprint density at radius 3 is 2.31 bits per heavy atom. The highest BCUT2D eigenvalue weighted by molar-refractivity contribution is 5.78. The third-order valence-electron chi connectivity index (χ3n) is 2.18. The van der Waals surface area contributed by atoms with E-state index in [-0.39, 0.29) is 0 Å². The minimum absolute atomic E-state index is 0.311. The van der Waals surface area contributed by atoms with Crippen molar-refractivity contribution >= 4 is 11.9 Å². The molecule has 0 aliphatic heterocycles. The molecule has 0 saturated heterocycles. The second-order valence-electron chi connectivity index (χ2n) is 3.70. The smallest absolute Gasteiger partial charge is 0.347 e. The monoisotopic (exact) mass is 230 g/mol. The van der Waals surface area contributed by atoms with Crippen LogP contribution in [0.4, 0.5) is 0 Å². The third kappa shape index (κ3) is 7.26. The van der Waals surface area contributed by atoms with Gasteiger partial charge in [0.25, 0.3) is 0 Å². The fourth-order valence-corrected chi connectivity index (χ4v) is 1.42. The highest BCUT2D eigenvalue weighted by Gasteiger charge is 2.22. The van der Waals surface area contributed by atoms with Crippen LogP contribution in [0.15, 0.2) is 0 Å². The lowest BCUT2D eigenvalue weighted by Crippen LogP contribution is -2.28. The summed E-state index contributed by atoms with van der Waals surface area (Å²) in [6, 6.07) is 0. The summed E-state index contributed by atoms with van der Waals surface area (Å²) >= 11 is 0. The number of unbranched alkanes of at least 4 members (excludes halogenated alkanes) is 3. The Kier molecular flexibility index (Phi) is 8.58. The van der Waals surface area contributed by atoms with Gasteiger partial charge >= 0.3 is 11.9 Å². The Balaban J connectivity index is 3.99.